The molecule has 0 saturated carbocycles. The maximum Gasteiger partial charge on any atom is 0.346 e. The van der Waals surface area contributed by atoms with E-state index in [2.05, 4.69) is 5.10 Å². The quantitative estimate of drug-likeness (QED) is 0.638. The van der Waals surface area contributed by atoms with Crippen molar-refractivity contribution in [1.29, 1.82) is 0 Å². The zero-order chi connectivity index (χ0) is 19.5. The Hall–Kier alpha value is -2.61. The lowest BCUT2D eigenvalue weighted by Crippen LogP contribution is -2.36. The van der Waals surface area contributed by atoms with Gasteiger partial charge in [-0.25, -0.2) is 9.48 Å². The lowest BCUT2D eigenvalue weighted by molar-refractivity contribution is -0.133. The second kappa shape index (κ2) is 8.18. The molecule has 0 aliphatic carbocycles. The predicted molar refractivity (Wildman–Crippen MR) is 106 cm³/mol. The number of carbonyl (C=O) groups excluding carboxylic acids is 1. The smallest absolute Gasteiger partial charge is 0.346 e. The van der Waals surface area contributed by atoms with Gasteiger partial charge in [-0.15, -0.1) is 11.3 Å². The number of aryl methyl sites for hydroxylation is 2. The normalized spacial score (nSPS) is 13.9. The van der Waals surface area contributed by atoms with Crippen LogP contribution in [0.15, 0.2) is 39.7 Å². The fourth-order valence-corrected chi connectivity index (χ4v) is 4.44. The van der Waals surface area contributed by atoms with Gasteiger partial charge in [-0.2, -0.15) is 5.10 Å². The Bertz CT molecular complexity index is 999. The fraction of sp³-hybridized carbons (Fsp3) is 0.450. The molecule has 3 aromatic rings. The molecule has 0 bridgehead atoms. The minimum atomic E-state index is -0.185. The molecule has 8 heteroatoms. The van der Waals surface area contributed by atoms with Gasteiger partial charge in [-0.1, -0.05) is 6.42 Å². The van der Waals surface area contributed by atoms with Crippen LogP contribution < -0.4 is 5.69 Å². The van der Waals surface area contributed by atoms with Crippen molar-refractivity contribution in [2.75, 3.05) is 0 Å². The first-order valence-electron chi connectivity index (χ1n) is 9.62. The van der Waals surface area contributed by atoms with Crippen LogP contribution in [0.25, 0.3) is 0 Å². The van der Waals surface area contributed by atoms with E-state index in [1.54, 1.807) is 27.1 Å². The molecule has 28 heavy (non-hydrogen) atoms. The van der Waals surface area contributed by atoms with Crippen LogP contribution in [0.3, 0.4) is 0 Å². The number of aromatic nitrogens is 3. The van der Waals surface area contributed by atoms with E-state index in [0.29, 0.717) is 19.6 Å². The molecule has 0 unspecified atom stereocenters. The summed E-state index contributed by atoms with van der Waals surface area (Å²) in [5.74, 6) is 1.37. The van der Waals surface area contributed by atoms with Crippen molar-refractivity contribution >= 4 is 17.2 Å². The molecule has 4 heterocycles. The van der Waals surface area contributed by atoms with E-state index in [4.69, 9.17) is 4.42 Å². The molecule has 0 fully saturated rings. The number of rotatable bonds is 6. The van der Waals surface area contributed by atoms with Crippen LogP contribution in [0, 0.1) is 6.92 Å². The summed E-state index contributed by atoms with van der Waals surface area (Å²) in [6.07, 6.45) is 5.52. The van der Waals surface area contributed by atoms with Crippen molar-refractivity contribution in [1.82, 2.24) is 19.2 Å². The van der Waals surface area contributed by atoms with Gasteiger partial charge in [0.25, 0.3) is 0 Å². The van der Waals surface area contributed by atoms with Gasteiger partial charge >= 0.3 is 5.69 Å². The largest absolute Gasteiger partial charge is 0.467 e. The molecule has 4 rings (SSSR count). The Morgan fingerprint density at radius 3 is 2.89 bits per heavy atom. The highest BCUT2D eigenvalue weighted by molar-refractivity contribution is 7.11. The third-order valence-electron chi connectivity index (χ3n) is 4.99. The van der Waals surface area contributed by atoms with Crippen LogP contribution in [0.5, 0.6) is 0 Å². The van der Waals surface area contributed by atoms with Gasteiger partial charge < -0.3 is 9.32 Å². The van der Waals surface area contributed by atoms with Crippen LogP contribution >= 0.6 is 11.3 Å². The first kappa shape index (κ1) is 18.7. The van der Waals surface area contributed by atoms with Gasteiger partial charge in [-0.3, -0.25) is 9.36 Å². The summed E-state index contributed by atoms with van der Waals surface area (Å²) in [7, 11) is 0. The monoisotopic (exact) mass is 400 g/mol. The average Bonchev–Trinajstić information content (AvgIpc) is 3.34. The molecule has 1 aliphatic heterocycles. The molecular formula is C20H24N4O3S. The summed E-state index contributed by atoms with van der Waals surface area (Å²) in [5.41, 5.74) is -0.185. The topological polar surface area (TPSA) is 73.3 Å². The van der Waals surface area contributed by atoms with Crippen LogP contribution in [0.1, 0.15) is 40.6 Å². The minimum absolute atomic E-state index is 0.0517. The lowest BCUT2D eigenvalue weighted by atomic mass is 10.2. The maximum atomic E-state index is 13.1. The minimum Gasteiger partial charge on any atom is -0.467 e. The van der Waals surface area contributed by atoms with Crippen molar-refractivity contribution < 1.29 is 9.21 Å². The van der Waals surface area contributed by atoms with Gasteiger partial charge in [0.15, 0.2) is 0 Å². The van der Waals surface area contributed by atoms with Crippen LogP contribution in [0.4, 0.5) is 0 Å². The molecule has 3 aromatic heterocycles. The lowest BCUT2D eigenvalue weighted by Gasteiger charge is -2.21. The predicted octanol–water partition coefficient (Wildman–Crippen LogP) is 2.96. The highest BCUT2D eigenvalue weighted by atomic mass is 32.1. The zero-order valence-corrected chi connectivity index (χ0v) is 16.8. The standard InChI is InChI=1S/C20H24N4O3S/c1-15-8-9-17(28-15)13-22(12-16-6-5-11-27-16)19(25)14-24-20(26)23-10-4-2-3-7-18(23)21-24/h5-6,8-9,11H,2-4,7,10,12-14H2,1H3. The van der Waals surface area contributed by atoms with Crippen LogP contribution in [0.2, 0.25) is 0 Å². The van der Waals surface area contributed by atoms with Gasteiger partial charge in [0.2, 0.25) is 5.91 Å². The summed E-state index contributed by atoms with van der Waals surface area (Å²) in [5, 5.41) is 4.44. The molecule has 0 spiro atoms. The number of fused-ring (bicyclic) bond motifs is 1. The molecule has 0 aromatic carbocycles. The number of carbonyl (C=O) groups is 1. The van der Waals surface area contributed by atoms with Crippen molar-refractivity contribution in [2.24, 2.45) is 0 Å². The molecule has 0 N–H and O–H groups in total. The van der Waals surface area contributed by atoms with E-state index in [1.807, 2.05) is 31.2 Å². The van der Waals surface area contributed by atoms with E-state index in [0.717, 1.165) is 42.1 Å². The van der Waals surface area contributed by atoms with Gasteiger partial charge in [0.1, 0.15) is 18.1 Å². The number of hydrogen-bond acceptors (Lipinski definition) is 5. The Morgan fingerprint density at radius 2 is 2.14 bits per heavy atom. The Balaban J connectivity index is 1.54. The molecule has 7 nitrogen and oxygen atoms in total. The maximum absolute atomic E-state index is 13.1. The first-order chi connectivity index (χ1) is 13.6. The Labute approximate surface area is 167 Å². The summed E-state index contributed by atoms with van der Waals surface area (Å²) < 4.78 is 8.47. The number of thiophene rings is 1. The van der Waals surface area contributed by atoms with E-state index in [-0.39, 0.29) is 18.1 Å². The van der Waals surface area contributed by atoms with Gasteiger partial charge in [0, 0.05) is 22.7 Å². The number of amides is 1. The summed E-state index contributed by atoms with van der Waals surface area (Å²) in [6, 6.07) is 7.75. The number of hydrogen-bond donors (Lipinski definition) is 0. The SMILES string of the molecule is Cc1ccc(CN(Cc2ccco2)C(=O)Cn2nc3n(c2=O)CCCCC3)s1. The Kier molecular flexibility index (Phi) is 5.47. The third kappa shape index (κ3) is 4.11. The first-order valence-corrected chi connectivity index (χ1v) is 10.4. The Morgan fingerprint density at radius 1 is 1.25 bits per heavy atom. The van der Waals surface area contributed by atoms with Gasteiger partial charge in [0.05, 0.1) is 19.4 Å². The van der Waals surface area contributed by atoms with Crippen molar-refractivity contribution in [3.63, 3.8) is 0 Å². The second-order valence-electron chi connectivity index (χ2n) is 7.16. The highest BCUT2D eigenvalue weighted by Gasteiger charge is 2.21. The third-order valence-corrected chi connectivity index (χ3v) is 5.97. The van der Waals surface area contributed by atoms with E-state index >= 15 is 0 Å². The molecule has 148 valence electrons. The van der Waals surface area contributed by atoms with Gasteiger partial charge in [-0.05, 0) is 44.0 Å². The molecule has 0 radical (unpaired) electrons. The fourth-order valence-electron chi connectivity index (χ4n) is 3.54. The molecule has 0 atom stereocenters. The molecule has 1 amide bonds. The average molecular weight is 401 g/mol. The number of furan rings is 1. The number of nitrogens with zero attached hydrogens (tertiary/aromatic N) is 4. The van der Waals surface area contributed by atoms with Crippen molar-refractivity contribution in [3.05, 3.63) is 62.4 Å². The van der Waals surface area contributed by atoms with Crippen molar-refractivity contribution in [2.45, 2.75) is 58.8 Å². The summed E-state index contributed by atoms with van der Waals surface area (Å²) >= 11 is 1.67. The highest BCUT2D eigenvalue weighted by Crippen LogP contribution is 2.19. The molecular weight excluding hydrogens is 376 g/mol. The summed E-state index contributed by atoms with van der Waals surface area (Å²) in [4.78, 5) is 29.8. The van der Waals surface area contributed by atoms with E-state index < -0.39 is 0 Å². The molecule has 1 aliphatic rings. The van der Waals surface area contributed by atoms with Crippen LogP contribution in [-0.2, 0) is 37.4 Å². The molecule has 0 saturated heterocycles. The van der Waals surface area contributed by atoms with Crippen molar-refractivity contribution in [3.8, 4) is 0 Å². The zero-order valence-electron chi connectivity index (χ0n) is 16.0. The second-order valence-corrected chi connectivity index (χ2v) is 8.53. The van der Waals surface area contributed by atoms with Crippen LogP contribution in [-0.4, -0.2) is 25.2 Å². The van der Waals surface area contributed by atoms with E-state index in [9.17, 15) is 9.59 Å². The summed E-state index contributed by atoms with van der Waals surface area (Å²) in [6.45, 7) is 3.53. The van der Waals surface area contributed by atoms with E-state index in [1.165, 1.54) is 9.56 Å².